The number of primary sulfonamides is 1. The molecule has 0 fully saturated rings. The highest BCUT2D eigenvalue weighted by atomic mass is 32.2. The number of rotatable bonds is 3. The van der Waals surface area contributed by atoms with Gasteiger partial charge in [-0.1, -0.05) is 0 Å². The number of pyridine rings is 1. The molecule has 0 aliphatic rings. The highest BCUT2D eigenvalue weighted by Crippen LogP contribution is 2.24. The Morgan fingerprint density at radius 2 is 2.00 bits per heavy atom. The fourth-order valence-electron chi connectivity index (χ4n) is 1.05. The Bertz CT molecular complexity index is 623. The van der Waals surface area contributed by atoms with Gasteiger partial charge in [0.1, 0.15) is 10.6 Å². The van der Waals surface area contributed by atoms with Gasteiger partial charge in [0.2, 0.25) is 10.0 Å². The number of H-pyrrole nitrogens is 1. The van der Waals surface area contributed by atoms with Crippen LogP contribution in [0.15, 0.2) is 15.8 Å². The van der Waals surface area contributed by atoms with E-state index in [4.69, 9.17) is 0 Å². The SMILES string of the molecule is NS(=O)(=O)c1cc([N+](=O)[O-])c(=O)[nH]c1C(F)F. The standard InChI is InChI=1S/C6H5F2N3O5S/c7-5(8)4-3(17(9,15)16)1-2(11(13)14)6(12)10-4/h1,5H,(H,10,12)(H2,9,15,16). The zero-order valence-corrected chi connectivity index (χ0v) is 8.70. The van der Waals surface area contributed by atoms with Crippen LogP contribution in [-0.2, 0) is 10.0 Å². The van der Waals surface area contributed by atoms with Gasteiger partial charge in [-0.15, -0.1) is 0 Å². The van der Waals surface area contributed by atoms with E-state index in [0.29, 0.717) is 0 Å². The van der Waals surface area contributed by atoms with Crippen LogP contribution in [0.3, 0.4) is 0 Å². The molecule has 11 heteroatoms. The second-order valence-corrected chi connectivity index (χ2v) is 4.39. The maximum atomic E-state index is 12.4. The molecule has 1 aromatic heterocycles. The van der Waals surface area contributed by atoms with E-state index in [-0.39, 0.29) is 6.07 Å². The predicted octanol–water partition coefficient (Wildman–Crippen LogP) is -0.132. The summed E-state index contributed by atoms with van der Waals surface area (Å²) < 4.78 is 46.7. The number of nitrogens with one attached hydrogen (secondary N) is 1. The van der Waals surface area contributed by atoms with E-state index in [1.165, 1.54) is 4.98 Å². The number of nitrogens with zero attached hydrogens (tertiary/aromatic N) is 1. The van der Waals surface area contributed by atoms with Gasteiger partial charge in [-0.25, -0.2) is 22.3 Å². The molecular formula is C6H5F2N3O5S. The van der Waals surface area contributed by atoms with Gasteiger partial charge >= 0.3 is 11.2 Å². The largest absolute Gasteiger partial charge is 0.335 e. The summed E-state index contributed by atoms with van der Waals surface area (Å²) in [5.74, 6) is 0. The third kappa shape index (κ3) is 2.62. The van der Waals surface area contributed by atoms with Crippen LogP contribution in [0.2, 0.25) is 0 Å². The van der Waals surface area contributed by atoms with E-state index in [1.807, 2.05) is 0 Å². The Balaban J connectivity index is 3.72. The second-order valence-electron chi connectivity index (χ2n) is 2.86. The van der Waals surface area contributed by atoms with Gasteiger partial charge in [0, 0.05) is 6.07 Å². The van der Waals surface area contributed by atoms with Gasteiger partial charge in [-0.3, -0.25) is 14.9 Å². The number of nitro groups is 1. The lowest BCUT2D eigenvalue weighted by Crippen LogP contribution is -2.21. The zero-order chi connectivity index (χ0) is 13.4. The van der Waals surface area contributed by atoms with Crippen molar-refractivity contribution in [2.45, 2.75) is 11.3 Å². The van der Waals surface area contributed by atoms with E-state index in [2.05, 4.69) is 5.14 Å². The van der Waals surface area contributed by atoms with Crippen molar-refractivity contribution in [2.75, 3.05) is 0 Å². The molecule has 0 radical (unpaired) electrons. The first-order valence-electron chi connectivity index (χ1n) is 3.87. The van der Waals surface area contributed by atoms with Crippen molar-refractivity contribution < 1.29 is 22.1 Å². The highest BCUT2D eigenvalue weighted by molar-refractivity contribution is 7.89. The van der Waals surface area contributed by atoms with Crippen LogP contribution in [0.4, 0.5) is 14.5 Å². The Morgan fingerprint density at radius 1 is 1.47 bits per heavy atom. The zero-order valence-electron chi connectivity index (χ0n) is 7.88. The number of aromatic nitrogens is 1. The summed E-state index contributed by atoms with van der Waals surface area (Å²) in [4.78, 5) is 20.4. The summed E-state index contributed by atoms with van der Waals surface area (Å²) in [5, 5.41) is 15.0. The molecule has 0 saturated heterocycles. The Labute approximate surface area is 92.3 Å². The molecule has 0 amide bonds. The number of aromatic amines is 1. The smallest absolute Gasteiger partial charge is 0.314 e. The van der Waals surface area contributed by atoms with E-state index < -0.39 is 43.2 Å². The number of hydrogen-bond acceptors (Lipinski definition) is 5. The lowest BCUT2D eigenvalue weighted by atomic mass is 10.3. The Morgan fingerprint density at radius 3 is 2.35 bits per heavy atom. The van der Waals surface area contributed by atoms with Crippen molar-refractivity contribution >= 4 is 15.7 Å². The molecular weight excluding hydrogens is 264 g/mol. The highest BCUT2D eigenvalue weighted by Gasteiger charge is 2.27. The molecule has 1 rings (SSSR count). The predicted molar refractivity (Wildman–Crippen MR) is 50.0 cm³/mol. The Kier molecular flexibility index (Phi) is 3.24. The molecule has 17 heavy (non-hydrogen) atoms. The number of alkyl halides is 2. The average Bonchev–Trinajstić information content (AvgIpc) is 2.14. The molecule has 8 nitrogen and oxygen atoms in total. The first-order valence-corrected chi connectivity index (χ1v) is 5.41. The topological polar surface area (TPSA) is 136 Å². The molecule has 1 heterocycles. The molecule has 0 saturated carbocycles. The molecule has 0 aliphatic heterocycles. The maximum absolute atomic E-state index is 12.4. The molecule has 0 atom stereocenters. The van der Waals surface area contributed by atoms with Crippen LogP contribution in [-0.4, -0.2) is 18.3 Å². The summed E-state index contributed by atoms with van der Waals surface area (Å²) >= 11 is 0. The lowest BCUT2D eigenvalue weighted by Gasteiger charge is -2.05. The van der Waals surface area contributed by atoms with E-state index in [0.717, 1.165) is 0 Å². The minimum atomic E-state index is -4.61. The number of halogens is 2. The van der Waals surface area contributed by atoms with Crippen molar-refractivity contribution in [1.29, 1.82) is 0 Å². The summed E-state index contributed by atoms with van der Waals surface area (Å²) in [6, 6.07) is 0.204. The van der Waals surface area contributed by atoms with Crippen molar-refractivity contribution in [3.05, 3.63) is 32.2 Å². The van der Waals surface area contributed by atoms with Gasteiger partial charge in [0.25, 0.3) is 6.43 Å². The third-order valence-electron chi connectivity index (χ3n) is 1.74. The van der Waals surface area contributed by atoms with Crippen molar-refractivity contribution in [3.8, 4) is 0 Å². The van der Waals surface area contributed by atoms with Crippen LogP contribution < -0.4 is 10.7 Å². The van der Waals surface area contributed by atoms with E-state index in [1.54, 1.807) is 0 Å². The first kappa shape index (κ1) is 13.2. The minimum absolute atomic E-state index is 0.204. The molecule has 0 bridgehead atoms. The molecule has 0 aromatic carbocycles. The van der Waals surface area contributed by atoms with E-state index >= 15 is 0 Å². The minimum Gasteiger partial charge on any atom is -0.314 e. The molecule has 3 N–H and O–H groups in total. The summed E-state index contributed by atoms with van der Waals surface area (Å²) in [7, 11) is -4.61. The van der Waals surface area contributed by atoms with Gasteiger partial charge in [-0.05, 0) is 0 Å². The van der Waals surface area contributed by atoms with Crippen LogP contribution in [0, 0.1) is 10.1 Å². The summed E-state index contributed by atoms with van der Waals surface area (Å²) in [5.41, 5.74) is -3.89. The monoisotopic (exact) mass is 269 g/mol. The maximum Gasteiger partial charge on any atom is 0.335 e. The Hall–Kier alpha value is -1.88. The normalized spacial score (nSPS) is 11.8. The van der Waals surface area contributed by atoms with Crippen LogP contribution in [0.25, 0.3) is 0 Å². The summed E-state index contributed by atoms with van der Waals surface area (Å²) in [6.07, 6.45) is -3.34. The van der Waals surface area contributed by atoms with Gasteiger partial charge in [0.15, 0.2) is 0 Å². The fraction of sp³-hybridized carbons (Fsp3) is 0.167. The van der Waals surface area contributed by atoms with E-state index in [9.17, 15) is 32.1 Å². The average molecular weight is 269 g/mol. The second kappa shape index (κ2) is 4.18. The lowest BCUT2D eigenvalue weighted by molar-refractivity contribution is -0.386. The van der Waals surface area contributed by atoms with Crippen LogP contribution in [0.5, 0.6) is 0 Å². The molecule has 0 spiro atoms. The van der Waals surface area contributed by atoms with Crippen molar-refractivity contribution in [1.82, 2.24) is 4.98 Å². The molecule has 1 aromatic rings. The van der Waals surface area contributed by atoms with Crippen LogP contribution >= 0.6 is 0 Å². The van der Waals surface area contributed by atoms with Crippen molar-refractivity contribution in [3.63, 3.8) is 0 Å². The molecule has 0 unspecified atom stereocenters. The summed E-state index contributed by atoms with van der Waals surface area (Å²) in [6.45, 7) is 0. The van der Waals surface area contributed by atoms with Gasteiger partial charge in [0.05, 0.1) is 4.92 Å². The number of hydrogen-bond donors (Lipinski definition) is 2. The van der Waals surface area contributed by atoms with Crippen LogP contribution in [0.1, 0.15) is 12.1 Å². The fourth-order valence-corrected chi connectivity index (χ4v) is 1.77. The molecule has 0 aliphatic carbocycles. The first-order chi connectivity index (χ1) is 7.64. The quantitative estimate of drug-likeness (QED) is 0.581. The third-order valence-corrected chi connectivity index (χ3v) is 2.69. The van der Waals surface area contributed by atoms with Crippen molar-refractivity contribution in [2.24, 2.45) is 5.14 Å². The number of sulfonamides is 1. The van der Waals surface area contributed by atoms with Gasteiger partial charge in [-0.2, -0.15) is 0 Å². The number of nitrogens with two attached hydrogens (primary N) is 1. The van der Waals surface area contributed by atoms with Gasteiger partial charge < -0.3 is 4.98 Å². The molecule has 94 valence electrons.